The molecule has 12 aliphatic carbocycles. The molecule has 96 valence electrons. The predicted octanol–water partition coefficient (Wildman–Crippen LogP) is 3.06. The molecule has 0 N–H and O–H groups in total. The zero-order valence-corrected chi connectivity index (χ0v) is 13.0. The molecule has 0 saturated heterocycles. The number of halogens is 1. The van der Waals surface area contributed by atoms with Crippen LogP contribution in [0.1, 0.15) is 12.8 Å². The second-order valence-electron chi connectivity index (χ2n) is 10.5. The van der Waals surface area contributed by atoms with E-state index in [9.17, 15) is 0 Å². The number of alkyl halides is 1. The molecule has 0 radical (unpaired) electrons. The van der Waals surface area contributed by atoms with Crippen molar-refractivity contribution < 1.29 is 0 Å². The van der Waals surface area contributed by atoms with Crippen LogP contribution in [0.5, 0.6) is 0 Å². The minimum atomic E-state index is 0.902. The van der Waals surface area contributed by atoms with Gasteiger partial charge in [0.15, 0.2) is 0 Å². The van der Waals surface area contributed by atoms with Gasteiger partial charge in [-0.15, -0.1) is 0 Å². The number of rotatable bonds is 1. The highest BCUT2D eigenvalue weighted by Crippen LogP contribution is 3.15. The van der Waals surface area contributed by atoms with Gasteiger partial charge in [0, 0.05) is 3.42 Å². The quantitative estimate of drug-likeness (QED) is 0.498. The van der Waals surface area contributed by atoms with Gasteiger partial charge in [0.2, 0.25) is 0 Å². The van der Waals surface area contributed by atoms with E-state index < -0.39 is 0 Å². The standard InChI is InChI=1S/C18H17I/c19-18-13-5-2-6(14(13)18)12-11(5)17(12,18)16-9-3-1-4(10(9)16)8-7(3)15(8)16/h3-15H,1-2H2/t3-,4+,5-,6+,7+,8-,9-,10-,11-,12-,13-,14+,15?,16?,17?,18?/m0/s1. The lowest BCUT2D eigenvalue weighted by Crippen LogP contribution is -2.33. The molecule has 12 aliphatic rings. The first-order valence-electron chi connectivity index (χ1n) is 9.01. The highest BCUT2D eigenvalue weighted by molar-refractivity contribution is 14.1. The molecule has 16 atom stereocenters. The van der Waals surface area contributed by atoms with Crippen molar-refractivity contribution >= 4 is 22.6 Å². The number of hydrogen-bond donors (Lipinski definition) is 0. The first-order chi connectivity index (χ1) is 9.32. The highest BCUT2D eigenvalue weighted by atomic mass is 127. The van der Waals surface area contributed by atoms with Crippen LogP contribution in [0.2, 0.25) is 0 Å². The van der Waals surface area contributed by atoms with E-state index in [-0.39, 0.29) is 0 Å². The second kappa shape index (κ2) is 1.65. The molecule has 1 heteroatoms. The van der Waals surface area contributed by atoms with E-state index >= 15 is 0 Å². The molecule has 0 aromatic heterocycles. The van der Waals surface area contributed by atoms with Crippen LogP contribution in [-0.2, 0) is 0 Å². The van der Waals surface area contributed by atoms with E-state index in [1.54, 1.807) is 12.8 Å². The Morgan fingerprint density at radius 3 is 1.63 bits per heavy atom. The van der Waals surface area contributed by atoms with Crippen molar-refractivity contribution in [2.24, 2.45) is 87.8 Å². The van der Waals surface area contributed by atoms with Crippen molar-refractivity contribution in [1.29, 1.82) is 0 Å². The lowest BCUT2D eigenvalue weighted by Gasteiger charge is -2.32. The Balaban J connectivity index is 1.36. The third kappa shape index (κ3) is 0.385. The van der Waals surface area contributed by atoms with Crippen molar-refractivity contribution in [3.63, 3.8) is 0 Å². The van der Waals surface area contributed by atoms with E-state index in [4.69, 9.17) is 0 Å². The summed E-state index contributed by atoms with van der Waals surface area (Å²) in [6.45, 7) is 0. The molecule has 0 heterocycles. The topological polar surface area (TPSA) is 0 Å². The first kappa shape index (κ1) is 8.39. The Morgan fingerprint density at radius 2 is 1.21 bits per heavy atom. The van der Waals surface area contributed by atoms with E-state index in [1.165, 1.54) is 76.9 Å². The summed E-state index contributed by atoms with van der Waals surface area (Å²) in [6.07, 6.45) is 3.41. The normalized spacial score (nSPS) is 107. The summed E-state index contributed by atoms with van der Waals surface area (Å²) < 4.78 is 0.902. The summed E-state index contributed by atoms with van der Waals surface area (Å²) in [5.41, 5.74) is 2.03. The Morgan fingerprint density at radius 1 is 0.632 bits per heavy atom. The van der Waals surface area contributed by atoms with Crippen molar-refractivity contribution in [3.8, 4) is 0 Å². The van der Waals surface area contributed by atoms with E-state index in [0.29, 0.717) is 0 Å². The summed E-state index contributed by atoms with van der Waals surface area (Å²) in [6, 6.07) is 0. The Bertz CT molecular complexity index is 640. The summed E-state index contributed by atoms with van der Waals surface area (Å²) in [5.74, 6) is 16.8. The van der Waals surface area contributed by atoms with Gasteiger partial charge in [0.1, 0.15) is 0 Å². The molecule has 12 saturated carbocycles. The van der Waals surface area contributed by atoms with Gasteiger partial charge >= 0.3 is 0 Å². The molecule has 12 fully saturated rings. The summed E-state index contributed by atoms with van der Waals surface area (Å²) in [7, 11) is 0. The number of hydrogen-bond acceptors (Lipinski definition) is 0. The largest absolute Gasteiger partial charge is 0.0776 e. The molecule has 4 bridgehead atoms. The smallest absolute Gasteiger partial charge is 0.0358 e. The molecule has 19 heavy (non-hydrogen) atoms. The van der Waals surface area contributed by atoms with Gasteiger partial charge in [0.05, 0.1) is 0 Å². The molecule has 0 nitrogen and oxygen atoms in total. The van der Waals surface area contributed by atoms with Crippen molar-refractivity contribution in [1.82, 2.24) is 0 Å². The Hall–Kier alpha value is 0.730. The minimum absolute atomic E-state index is 0.902. The van der Waals surface area contributed by atoms with Gasteiger partial charge in [0.25, 0.3) is 0 Å². The van der Waals surface area contributed by atoms with Crippen molar-refractivity contribution in [3.05, 3.63) is 0 Å². The third-order valence-corrected chi connectivity index (χ3v) is 14.2. The van der Waals surface area contributed by atoms with E-state index in [0.717, 1.165) is 14.3 Å². The summed E-state index contributed by atoms with van der Waals surface area (Å²) >= 11 is 3.08. The molecule has 12 rings (SSSR count). The molecule has 4 unspecified atom stereocenters. The first-order valence-corrected chi connectivity index (χ1v) is 10.1. The average molecular weight is 360 g/mol. The molecule has 0 spiro atoms. The Kier molecular flexibility index (Phi) is 0.728. The molecule has 0 aromatic rings. The zero-order chi connectivity index (χ0) is 11.4. The van der Waals surface area contributed by atoms with Crippen LogP contribution in [0.4, 0.5) is 0 Å². The van der Waals surface area contributed by atoms with Crippen LogP contribution < -0.4 is 0 Å². The molecular formula is C18H17I. The zero-order valence-electron chi connectivity index (χ0n) is 10.8. The van der Waals surface area contributed by atoms with Gasteiger partial charge in [-0.3, -0.25) is 0 Å². The van der Waals surface area contributed by atoms with Crippen LogP contribution in [0.25, 0.3) is 0 Å². The van der Waals surface area contributed by atoms with Crippen LogP contribution in [0, 0.1) is 87.8 Å². The second-order valence-corrected chi connectivity index (χ2v) is 12.3. The van der Waals surface area contributed by atoms with Crippen molar-refractivity contribution in [2.45, 2.75) is 16.3 Å². The van der Waals surface area contributed by atoms with Crippen LogP contribution in [0.15, 0.2) is 0 Å². The molecule has 0 amide bonds. The van der Waals surface area contributed by atoms with Crippen molar-refractivity contribution in [2.75, 3.05) is 0 Å². The van der Waals surface area contributed by atoms with Gasteiger partial charge in [-0.05, 0) is 101 Å². The van der Waals surface area contributed by atoms with Gasteiger partial charge in [-0.2, -0.15) is 0 Å². The Labute approximate surface area is 126 Å². The maximum atomic E-state index is 3.08. The summed E-state index contributed by atoms with van der Waals surface area (Å²) in [4.78, 5) is 0. The lowest BCUT2D eigenvalue weighted by atomic mass is 9.75. The molecule has 0 aliphatic heterocycles. The van der Waals surface area contributed by atoms with Gasteiger partial charge in [-0.25, -0.2) is 0 Å². The maximum Gasteiger partial charge on any atom is 0.0358 e. The lowest BCUT2D eigenvalue weighted by molar-refractivity contribution is 0.189. The molecule has 0 aromatic carbocycles. The van der Waals surface area contributed by atoms with Crippen LogP contribution in [-0.4, -0.2) is 3.42 Å². The van der Waals surface area contributed by atoms with Gasteiger partial charge in [-0.1, -0.05) is 22.6 Å². The monoisotopic (exact) mass is 360 g/mol. The minimum Gasteiger partial charge on any atom is -0.0776 e. The van der Waals surface area contributed by atoms with Crippen LogP contribution >= 0.6 is 22.6 Å². The highest BCUT2D eigenvalue weighted by Gasteiger charge is 3.14. The van der Waals surface area contributed by atoms with E-state index in [2.05, 4.69) is 22.6 Å². The maximum absolute atomic E-state index is 3.08. The summed E-state index contributed by atoms with van der Waals surface area (Å²) in [5, 5.41) is 0. The fraction of sp³-hybridized carbons (Fsp3) is 1.00. The predicted molar refractivity (Wildman–Crippen MR) is 76.2 cm³/mol. The molecular weight excluding hydrogens is 343 g/mol. The van der Waals surface area contributed by atoms with E-state index in [1.807, 2.05) is 0 Å². The third-order valence-electron chi connectivity index (χ3n) is 11.8. The SMILES string of the molecule is IC12[C@@H]3[C@@H]4C[C@H]([C@@H]31)[C@H]1[C@H]4C12C12C3[C@@H]4[C@@H]5C[C@H]([C@H]34)[C@H]1[C@H]52. The fourth-order valence-corrected chi connectivity index (χ4v) is 15.7. The van der Waals surface area contributed by atoms with Crippen LogP contribution in [0.3, 0.4) is 0 Å². The van der Waals surface area contributed by atoms with Gasteiger partial charge < -0.3 is 0 Å². The average Bonchev–Trinajstić information content (AvgIpc) is 3.31. The fourth-order valence-electron chi connectivity index (χ4n) is 13.0.